The van der Waals surface area contributed by atoms with Gasteiger partial charge in [0.05, 0.1) is 11.3 Å². The molecule has 1 aliphatic rings. The average Bonchev–Trinajstić information content (AvgIpc) is 3.39. The Kier molecular flexibility index (Phi) is 6.70. The van der Waals surface area contributed by atoms with Crippen LogP contribution >= 0.6 is 0 Å². The van der Waals surface area contributed by atoms with Crippen molar-refractivity contribution in [2.75, 3.05) is 13.1 Å². The first-order chi connectivity index (χ1) is 17.2. The minimum absolute atomic E-state index is 0.0844. The number of amides is 2. The molecule has 1 fully saturated rings. The van der Waals surface area contributed by atoms with E-state index in [-0.39, 0.29) is 11.8 Å². The van der Waals surface area contributed by atoms with E-state index in [9.17, 15) is 9.59 Å². The summed E-state index contributed by atoms with van der Waals surface area (Å²) in [6, 6.07) is 27.0. The lowest BCUT2D eigenvalue weighted by Crippen LogP contribution is -2.35. The predicted molar refractivity (Wildman–Crippen MR) is 136 cm³/mol. The Morgan fingerprint density at radius 2 is 1.46 bits per heavy atom. The van der Waals surface area contributed by atoms with Crippen LogP contribution in [0, 0.1) is 0 Å². The molecule has 0 bridgehead atoms. The van der Waals surface area contributed by atoms with Crippen LogP contribution in [0.4, 0.5) is 0 Å². The van der Waals surface area contributed by atoms with Crippen LogP contribution in [0.1, 0.15) is 45.5 Å². The molecule has 0 saturated carbocycles. The van der Waals surface area contributed by atoms with Gasteiger partial charge in [0, 0.05) is 37.0 Å². The largest absolute Gasteiger partial charge is 0.348 e. The highest BCUT2D eigenvalue weighted by molar-refractivity contribution is 6.00. The van der Waals surface area contributed by atoms with Crippen LogP contribution in [-0.2, 0) is 6.54 Å². The van der Waals surface area contributed by atoms with E-state index < -0.39 is 0 Å². The second kappa shape index (κ2) is 10.4. The fraction of sp³-hybridized carbons (Fsp3) is 0.207. The SMILES string of the molecule is O=C(NCc1ccc(C(=O)N2CCCCC2)cc1)c1cn(-c2ccccc2)nc1-c1ccccc1. The van der Waals surface area contributed by atoms with Crippen molar-refractivity contribution in [2.24, 2.45) is 0 Å². The molecule has 176 valence electrons. The number of rotatable bonds is 6. The van der Waals surface area contributed by atoms with Gasteiger partial charge in [-0.2, -0.15) is 5.10 Å². The number of aromatic nitrogens is 2. The first-order valence-corrected chi connectivity index (χ1v) is 12.1. The molecule has 0 atom stereocenters. The summed E-state index contributed by atoms with van der Waals surface area (Å²) in [6.45, 7) is 2.02. The van der Waals surface area contributed by atoms with E-state index in [1.165, 1.54) is 6.42 Å². The molecule has 1 saturated heterocycles. The molecule has 1 N–H and O–H groups in total. The summed E-state index contributed by atoms with van der Waals surface area (Å²) in [4.78, 5) is 27.8. The van der Waals surface area contributed by atoms with Crippen molar-refractivity contribution >= 4 is 11.8 Å². The van der Waals surface area contributed by atoms with Crippen molar-refractivity contribution in [3.63, 3.8) is 0 Å². The lowest BCUT2D eigenvalue weighted by molar-refractivity contribution is 0.0724. The summed E-state index contributed by atoms with van der Waals surface area (Å²) in [7, 11) is 0. The molecule has 6 heteroatoms. The van der Waals surface area contributed by atoms with Gasteiger partial charge in [-0.05, 0) is 49.1 Å². The highest BCUT2D eigenvalue weighted by Gasteiger charge is 2.20. The molecule has 0 unspecified atom stereocenters. The molecule has 35 heavy (non-hydrogen) atoms. The van der Waals surface area contributed by atoms with Gasteiger partial charge in [-0.15, -0.1) is 0 Å². The van der Waals surface area contributed by atoms with Gasteiger partial charge in [0.1, 0.15) is 5.69 Å². The zero-order valence-electron chi connectivity index (χ0n) is 19.6. The lowest BCUT2D eigenvalue weighted by atomic mass is 10.1. The molecular formula is C29H28N4O2. The van der Waals surface area contributed by atoms with E-state index in [1.54, 1.807) is 10.9 Å². The van der Waals surface area contributed by atoms with Gasteiger partial charge in [0.2, 0.25) is 0 Å². The molecule has 6 nitrogen and oxygen atoms in total. The van der Waals surface area contributed by atoms with Gasteiger partial charge in [-0.3, -0.25) is 9.59 Å². The fourth-order valence-electron chi connectivity index (χ4n) is 4.38. The van der Waals surface area contributed by atoms with Crippen LogP contribution in [0.2, 0.25) is 0 Å². The third-order valence-electron chi connectivity index (χ3n) is 6.32. The summed E-state index contributed by atoms with van der Waals surface area (Å²) >= 11 is 0. The van der Waals surface area contributed by atoms with Crippen LogP contribution in [0.3, 0.4) is 0 Å². The van der Waals surface area contributed by atoms with Crippen LogP contribution in [0.15, 0.2) is 91.1 Å². The molecule has 2 amide bonds. The Morgan fingerprint density at radius 3 is 2.14 bits per heavy atom. The average molecular weight is 465 g/mol. The number of nitrogens with one attached hydrogen (secondary N) is 1. The Morgan fingerprint density at radius 1 is 0.800 bits per heavy atom. The summed E-state index contributed by atoms with van der Waals surface area (Å²) in [6.07, 6.45) is 5.11. The van der Waals surface area contributed by atoms with E-state index in [0.717, 1.165) is 42.7 Å². The van der Waals surface area contributed by atoms with Gasteiger partial charge in [-0.1, -0.05) is 60.7 Å². The number of piperidine rings is 1. The number of nitrogens with zero attached hydrogens (tertiary/aromatic N) is 3. The van der Waals surface area contributed by atoms with Crippen LogP contribution in [-0.4, -0.2) is 39.6 Å². The van der Waals surface area contributed by atoms with Gasteiger partial charge in [0.25, 0.3) is 11.8 Å². The van der Waals surface area contributed by atoms with Crippen molar-refractivity contribution < 1.29 is 9.59 Å². The smallest absolute Gasteiger partial charge is 0.255 e. The number of carbonyl (C=O) groups is 2. The Hall–Kier alpha value is -4.19. The maximum Gasteiger partial charge on any atom is 0.255 e. The molecule has 0 radical (unpaired) electrons. The van der Waals surface area contributed by atoms with Crippen molar-refractivity contribution in [1.29, 1.82) is 0 Å². The maximum absolute atomic E-state index is 13.2. The highest BCUT2D eigenvalue weighted by atomic mass is 16.2. The Labute approximate surface area is 205 Å². The summed E-state index contributed by atoms with van der Waals surface area (Å²) in [5.41, 5.74) is 4.54. The Bertz CT molecular complexity index is 1290. The molecule has 0 spiro atoms. The number of benzene rings is 3. The maximum atomic E-state index is 13.2. The van der Waals surface area contributed by atoms with Gasteiger partial charge >= 0.3 is 0 Å². The molecule has 2 heterocycles. The van der Waals surface area contributed by atoms with Crippen molar-refractivity contribution in [1.82, 2.24) is 20.0 Å². The van der Waals surface area contributed by atoms with Crippen molar-refractivity contribution in [3.05, 3.63) is 108 Å². The second-order valence-electron chi connectivity index (χ2n) is 8.77. The third-order valence-corrected chi connectivity index (χ3v) is 6.32. The molecule has 0 aliphatic carbocycles. The summed E-state index contributed by atoms with van der Waals surface area (Å²) in [5, 5.41) is 7.73. The summed E-state index contributed by atoms with van der Waals surface area (Å²) in [5.74, 6) is -0.111. The quantitative estimate of drug-likeness (QED) is 0.432. The standard InChI is InChI=1S/C29H28N4O2/c34-28(30-20-22-14-16-24(17-15-22)29(35)32-18-8-3-9-19-32)26-21-33(25-12-6-2-7-13-25)31-27(26)23-10-4-1-5-11-23/h1-2,4-7,10-17,21H,3,8-9,18-20H2,(H,30,34). The lowest BCUT2D eigenvalue weighted by Gasteiger charge is -2.26. The monoisotopic (exact) mass is 464 g/mol. The highest BCUT2D eigenvalue weighted by Crippen LogP contribution is 2.24. The topological polar surface area (TPSA) is 67.2 Å². The Balaban J connectivity index is 1.31. The summed E-state index contributed by atoms with van der Waals surface area (Å²) < 4.78 is 1.73. The molecule has 4 aromatic rings. The molecule has 1 aromatic heterocycles. The van der Waals surface area contributed by atoms with E-state index in [1.807, 2.05) is 89.8 Å². The minimum Gasteiger partial charge on any atom is -0.348 e. The molecule has 3 aromatic carbocycles. The van der Waals surface area contributed by atoms with Crippen molar-refractivity contribution in [2.45, 2.75) is 25.8 Å². The third kappa shape index (κ3) is 5.17. The van der Waals surface area contributed by atoms with Gasteiger partial charge in [-0.25, -0.2) is 4.68 Å². The van der Waals surface area contributed by atoms with E-state index in [4.69, 9.17) is 5.10 Å². The van der Waals surface area contributed by atoms with E-state index in [2.05, 4.69) is 5.32 Å². The van der Waals surface area contributed by atoms with Crippen LogP contribution < -0.4 is 5.32 Å². The first-order valence-electron chi connectivity index (χ1n) is 12.1. The number of likely N-dealkylation sites (tertiary alicyclic amines) is 1. The van der Waals surface area contributed by atoms with Gasteiger partial charge in [0.15, 0.2) is 0 Å². The first kappa shape index (κ1) is 22.6. The van der Waals surface area contributed by atoms with Crippen LogP contribution in [0.25, 0.3) is 16.9 Å². The van der Waals surface area contributed by atoms with Crippen LogP contribution in [0.5, 0.6) is 0 Å². The number of hydrogen-bond donors (Lipinski definition) is 1. The zero-order chi connectivity index (χ0) is 24.0. The second-order valence-corrected chi connectivity index (χ2v) is 8.77. The number of hydrogen-bond acceptors (Lipinski definition) is 3. The predicted octanol–water partition coefficient (Wildman–Crippen LogP) is 5.10. The molecule has 5 rings (SSSR count). The fourth-order valence-corrected chi connectivity index (χ4v) is 4.38. The zero-order valence-corrected chi connectivity index (χ0v) is 19.6. The normalized spacial score (nSPS) is 13.4. The molecular weight excluding hydrogens is 436 g/mol. The van der Waals surface area contributed by atoms with Gasteiger partial charge < -0.3 is 10.2 Å². The number of para-hydroxylation sites is 1. The van der Waals surface area contributed by atoms with E-state index in [0.29, 0.717) is 23.4 Å². The van der Waals surface area contributed by atoms with E-state index >= 15 is 0 Å². The minimum atomic E-state index is -0.195. The molecule has 1 aliphatic heterocycles. The number of carbonyl (C=O) groups excluding carboxylic acids is 2. The van der Waals surface area contributed by atoms with Crippen molar-refractivity contribution in [3.8, 4) is 16.9 Å².